The van der Waals surface area contributed by atoms with E-state index in [0.717, 1.165) is 5.56 Å². The van der Waals surface area contributed by atoms with Gasteiger partial charge in [-0.1, -0.05) is 23.7 Å². The van der Waals surface area contributed by atoms with Crippen molar-refractivity contribution in [1.82, 2.24) is 15.3 Å². The van der Waals surface area contributed by atoms with E-state index in [1.54, 1.807) is 23.6 Å². The summed E-state index contributed by atoms with van der Waals surface area (Å²) < 4.78 is 5.61. The van der Waals surface area contributed by atoms with Crippen LogP contribution >= 0.6 is 22.9 Å². The van der Waals surface area contributed by atoms with Crippen LogP contribution in [0.3, 0.4) is 0 Å². The third-order valence-electron chi connectivity index (χ3n) is 4.19. The minimum Gasteiger partial charge on any atom is -0.492 e. The van der Waals surface area contributed by atoms with E-state index in [2.05, 4.69) is 20.6 Å². The van der Waals surface area contributed by atoms with Gasteiger partial charge in [0.05, 0.1) is 28.9 Å². The lowest BCUT2D eigenvalue weighted by molar-refractivity contribution is 0.232. The summed E-state index contributed by atoms with van der Waals surface area (Å²) in [6.45, 7) is 0.479. The van der Waals surface area contributed by atoms with Crippen LogP contribution in [-0.2, 0) is 0 Å². The number of ether oxygens (including phenoxy) is 1. The molecule has 2 aromatic heterocycles. The van der Waals surface area contributed by atoms with Gasteiger partial charge in [0.15, 0.2) is 0 Å². The number of thiazole rings is 1. The molecule has 2 amide bonds. The van der Waals surface area contributed by atoms with E-state index in [0.29, 0.717) is 45.9 Å². The summed E-state index contributed by atoms with van der Waals surface area (Å²) in [6.07, 6.45) is 2.14. The molecule has 1 atom stereocenters. The number of anilines is 1. The van der Waals surface area contributed by atoms with Crippen molar-refractivity contribution >= 4 is 34.8 Å². The molecular weight excluding hydrogens is 398 g/mol. The van der Waals surface area contributed by atoms with Gasteiger partial charge < -0.3 is 10.1 Å². The van der Waals surface area contributed by atoms with Gasteiger partial charge in [-0.2, -0.15) is 5.26 Å². The molecule has 0 fully saturated rings. The van der Waals surface area contributed by atoms with Crippen LogP contribution in [0, 0.1) is 11.3 Å². The molecule has 4 rings (SSSR count). The van der Waals surface area contributed by atoms with E-state index in [9.17, 15) is 4.79 Å². The molecule has 0 spiro atoms. The highest BCUT2D eigenvalue weighted by Gasteiger charge is 2.25. The maximum Gasteiger partial charge on any atom is 0.320 e. The summed E-state index contributed by atoms with van der Waals surface area (Å²) in [5.74, 6) is 1.05. The number of nitriles is 1. The van der Waals surface area contributed by atoms with Gasteiger partial charge in [-0.15, -0.1) is 11.3 Å². The summed E-state index contributed by atoms with van der Waals surface area (Å²) >= 11 is 7.53. The van der Waals surface area contributed by atoms with Gasteiger partial charge in [-0.25, -0.2) is 9.78 Å². The van der Waals surface area contributed by atoms with Crippen molar-refractivity contribution < 1.29 is 9.53 Å². The fourth-order valence-corrected chi connectivity index (χ4v) is 3.85. The number of rotatable bonds is 3. The number of nitrogens with zero attached hydrogens (tertiary/aromatic N) is 3. The van der Waals surface area contributed by atoms with Gasteiger partial charge in [0.2, 0.25) is 0 Å². The quantitative estimate of drug-likeness (QED) is 0.666. The van der Waals surface area contributed by atoms with Gasteiger partial charge >= 0.3 is 6.03 Å². The SMILES string of the molecule is N#Cc1ccc(-c2nc(NC(=O)N[C@H]3CCOc4c(Cl)cccc43)cs2)nc1. The number of amides is 2. The predicted octanol–water partition coefficient (Wildman–Crippen LogP) is 4.38. The number of aromatic nitrogens is 2. The molecule has 0 saturated heterocycles. The normalized spacial score (nSPS) is 15.1. The number of hydrogen-bond donors (Lipinski definition) is 2. The molecule has 0 radical (unpaired) electrons. The van der Waals surface area contributed by atoms with Crippen molar-refractivity contribution in [2.45, 2.75) is 12.5 Å². The minimum atomic E-state index is -0.359. The first-order valence-corrected chi connectivity index (χ1v) is 9.70. The Morgan fingerprint density at radius 3 is 3.04 bits per heavy atom. The molecule has 3 aromatic rings. The van der Waals surface area contributed by atoms with Crippen LogP contribution in [0.15, 0.2) is 41.9 Å². The summed E-state index contributed by atoms with van der Waals surface area (Å²) in [4.78, 5) is 21.0. The van der Waals surface area contributed by atoms with Crippen molar-refractivity contribution in [3.63, 3.8) is 0 Å². The maximum absolute atomic E-state index is 12.4. The monoisotopic (exact) mass is 411 g/mol. The lowest BCUT2D eigenvalue weighted by Gasteiger charge is -2.27. The van der Waals surface area contributed by atoms with E-state index < -0.39 is 0 Å². The highest BCUT2D eigenvalue weighted by molar-refractivity contribution is 7.13. The highest BCUT2D eigenvalue weighted by Crippen LogP contribution is 2.37. The largest absolute Gasteiger partial charge is 0.492 e. The molecule has 1 aliphatic heterocycles. The van der Waals surface area contributed by atoms with Crippen LogP contribution in [0.2, 0.25) is 5.02 Å². The number of hydrogen-bond acceptors (Lipinski definition) is 6. The summed E-state index contributed by atoms with van der Waals surface area (Å²) in [6, 6.07) is 10.4. The lowest BCUT2D eigenvalue weighted by Crippen LogP contribution is -2.35. The third-order valence-corrected chi connectivity index (χ3v) is 5.35. The number of fused-ring (bicyclic) bond motifs is 1. The molecule has 1 aromatic carbocycles. The average Bonchev–Trinajstić information content (AvgIpc) is 3.17. The van der Waals surface area contributed by atoms with Crippen LogP contribution in [0.5, 0.6) is 5.75 Å². The molecule has 0 unspecified atom stereocenters. The standard InChI is InChI=1S/C19H14ClN5O2S/c20-13-3-1-2-12-14(6-7-27-17(12)13)23-19(26)25-16-10-28-18(24-16)15-5-4-11(8-21)9-22-15/h1-5,9-10,14H,6-7H2,(H2,23,25,26)/t14-/m0/s1. The average molecular weight is 412 g/mol. The van der Waals surface area contributed by atoms with Crippen LogP contribution in [0.25, 0.3) is 10.7 Å². The van der Waals surface area contributed by atoms with Crippen LogP contribution in [-0.4, -0.2) is 22.6 Å². The van der Waals surface area contributed by atoms with Crippen LogP contribution in [0.1, 0.15) is 23.6 Å². The number of pyridine rings is 1. The number of nitrogens with one attached hydrogen (secondary N) is 2. The summed E-state index contributed by atoms with van der Waals surface area (Å²) in [7, 11) is 0. The Hall–Kier alpha value is -3.15. The van der Waals surface area contributed by atoms with E-state index in [4.69, 9.17) is 21.6 Å². The van der Waals surface area contributed by atoms with E-state index in [1.165, 1.54) is 17.5 Å². The van der Waals surface area contributed by atoms with Crippen LogP contribution in [0.4, 0.5) is 10.6 Å². The number of benzene rings is 1. The number of carbonyl (C=O) groups excluding carboxylic acids is 1. The molecule has 9 heteroatoms. The van der Waals surface area contributed by atoms with Crippen LogP contribution < -0.4 is 15.4 Å². The number of carbonyl (C=O) groups is 1. The molecule has 140 valence electrons. The first-order chi connectivity index (χ1) is 13.6. The molecule has 2 N–H and O–H groups in total. The Morgan fingerprint density at radius 2 is 2.25 bits per heavy atom. The van der Waals surface area contributed by atoms with Gasteiger partial charge in [0.1, 0.15) is 22.6 Å². The van der Waals surface area contributed by atoms with Crippen molar-refractivity contribution in [2.75, 3.05) is 11.9 Å². The topological polar surface area (TPSA) is 99.9 Å². The second kappa shape index (κ2) is 7.84. The molecule has 3 heterocycles. The van der Waals surface area contributed by atoms with Crippen molar-refractivity contribution in [3.8, 4) is 22.5 Å². The zero-order valence-corrected chi connectivity index (χ0v) is 16.0. The fraction of sp³-hybridized carbons (Fsp3) is 0.158. The van der Waals surface area contributed by atoms with Gasteiger partial charge in [-0.3, -0.25) is 10.3 Å². The smallest absolute Gasteiger partial charge is 0.320 e. The number of urea groups is 1. The molecular formula is C19H14ClN5O2S. The molecule has 0 bridgehead atoms. The van der Waals surface area contributed by atoms with Gasteiger partial charge in [0.25, 0.3) is 0 Å². The lowest BCUT2D eigenvalue weighted by atomic mass is 10.0. The third kappa shape index (κ3) is 3.76. The maximum atomic E-state index is 12.4. The Bertz CT molecular complexity index is 1060. The van der Waals surface area contributed by atoms with Crippen molar-refractivity contribution in [3.05, 3.63) is 58.1 Å². The van der Waals surface area contributed by atoms with Gasteiger partial charge in [-0.05, 0) is 18.2 Å². The van der Waals surface area contributed by atoms with Crippen molar-refractivity contribution in [1.29, 1.82) is 5.26 Å². The van der Waals surface area contributed by atoms with E-state index >= 15 is 0 Å². The number of para-hydroxylation sites is 1. The molecule has 7 nitrogen and oxygen atoms in total. The van der Waals surface area contributed by atoms with E-state index in [1.807, 2.05) is 18.2 Å². The van der Waals surface area contributed by atoms with Crippen molar-refractivity contribution in [2.24, 2.45) is 0 Å². The zero-order valence-electron chi connectivity index (χ0n) is 14.5. The highest BCUT2D eigenvalue weighted by atomic mass is 35.5. The minimum absolute atomic E-state index is 0.194. The summed E-state index contributed by atoms with van der Waals surface area (Å²) in [5, 5.41) is 17.4. The molecule has 0 aliphatic carbocycles. The fourth-order valence-electron chi connectivity index (χ4n) is 2.88. The summed E-state index contributed by atoms with van der Waals surface area (Å²) in [5.41, 5.74) is 1.98. The Kier molecular flexibility index (Phi) is 5.10. The Balaban J connectivity index is 1.43. The molecule has 0 saturated carbocycles. The van der Waals surface area contributed by atoms with Gasteiger partial charge in [0, 0.05) is 23.6 Å². The first kappa shape index (κ1) is 18.2. The van der Waals surface area contributed by atoms with E-state index in [-0.39, 0.29) is 12.1 Å². The first-order valence-electron chi connectivity index (χ1n) is 8.45. The molecule has 1 aliphatic rings. The second-order valence-electron chi connectivity index (χ2n) is 6.03. The predicted molar refractivity (Wildman–Crippen MR) is 107 cm³/mol. The number of halogens is 1. The second-order valence-corrected chi connectivity index (χ2v) is 7.29. The molecule has 28 heavy (non-hydrogen) atoms. The Morgan fingerprint density at radius 1 is 1.36 bits per heavy atom. The zero-order chi connectivity index (χ0) is 19.5. The Labute approximate surface area is 170 Å².